The topological polar surface area (TPSA) is 64.1 Å². The number of benzene rings is 1. The highest BCUT2D eigenvalue weighted by Gasteiger charge is 1.97. The molecule has 0 amide bonds. The van der Waals surface area contributed by atoms with Crippen molar-refractivity contribution < 1.29 is 9.53 Å². The zero-order valence-electron chi connectivity index (χ0n) is 11.1. The number of hydrogen-bond acceptors (Lipinski definition) is 5. The number of aromatic nitrogens is 2. The lowest BCUT2D eigenvalue weighted by Crippen LogP contribution is -1.96. The standard InChI is InChI=1S/C15H15N3O2/c1-20-14(19)5-2-4-12-6-8-13(9-7-12)18-15-16-10-3-11-17-15/h2-4,6-11H,5H2,1H3,(H,16,17,18)/b4-2+. The fourth-order valence-corrected chi connectivity index (χ4v) is 1.54. The van der Waals surface area contributed by atoms with E-state index in [1.165, 1.54) is 7.11 Å². The number of hydrogen-bond donors (Lipinski definition) is 1. The number of nitrogens with one attached hydrogen (secondary N) is 1. The molecule has 0 saturated carbocycles. The monoisotopic (exact) mass is 269 g/mol. The van der Waals surface area contributed by atoms with Gasteiger partial charge in [-0.05, 0) is 23.8 Å². The molecule has 1 heterocycles. The zero-order valence-corrected chi connectivity index (χ0v) is 11.1. The van der Waals surface area contributed by atoms with Gasteiger partial charge in [-0.25, -0.2) is 9.97 Å². The summed E-state index contributed by atoms with van der Waals surface area (Å²) in [5.74, 6) is 0.308. The van der Waals surface area contributed by atoms with Gasteiger partial charge in [0.1, 0.15) is 0 Å². The van der Waals surface area contributed by atoms with Crippen LogP contribution >= 0.6 is 0 Å². The lowest BCUT2D eigenvalue weighted by molar-refractivity contribution is -0.139. The van der Waals surface area contributed by atoms with E-state index in [9.17, 15) is 4.79 Å². The van der Waals surface area contributed by atoms with Crippen LogP contribution in [-0.2, 0) is 9.53 Å². The second-order valence-corrected chi connectivity index (χ2v) is 4.00. The Hall–Kier alpha value is -2.69. The van der Waals surface area contributed by atoms with Crippen molar-refractivity contribution in [3.63, 3.8) is 0 Å². The van der Waals surface area contributed by atoms with Crippen LogP contribution < -0.4 is 5.32 Å². The summed E-state index contributed by atoms with van der Waals surface area (Å²) >= 11 is 0. The molecular weight excluding hydrogens is 254 g/mol. The molecule has 0 fully saturated rings. The van der Waals surface area contributed by atoms with E-state index in [4.69, 9.17) is 0 Å². The normalized spacial score (nSPS) is 10.4. The summed E-state index contributed by atoms with van der Waals surface area (Å²) in [7, 11) is 1.38. The lowest BCUT2D eigenvalue weighted by Gasteiger charge is -2.04. The molecule has 0 aliphatic heterocycles. The Morgan fingerprint density at radius 1 is 1.25 bits per heavy atom. The molecule has 1 aromatic heterocycles. The van der Waals surface area contributed by atoms with Gasteiger partial charge < -0.3 is 10.1 Å². The van der Waals surface area contributed by atoms with Crippen LogP contribution in [0.3, 0.4) is 0 Å². The molecule has 0 aliphatic carbocycles. The summed E-state index contributed by atoms with van der Waals surface area (Å²) in [6, 6.07) is 9.50. The number of carbonyl (C=O) groups excluding carboxylic acids is 1. The summed E-state index contributed by atoms with van der Waals surface area (Å²) < 4.78 is 4.56. The van der Waals surface area contributed by atoms with E-state index in [-0.39, 0.29) is 12.4 Å². The smallest absolute Gasteiger partial charge is 0.309 e. The fraction of sp³-hybridized carbons (Fsp3) is 0.133. The molecule has 0 spiro atoms. The molecule has 0 saturated heterocycles. The molecule has 1 aromatic carbocycles. The molecule has 5 heteroatoms. The van der Waals surface area contributed by atoms with Gasteiger partial charge >= 0.3 is 5.97 Å². The van der Waals surface area contributed by atoms with Crippen molar-refractivity contribution in [2.45, 2.75) is 6.42 Å². The zero-order chi connectivity index (χ0) is 14.2. The van der Waals surface area contributed by atoms with Crippen LogP contribution in [0.2, 0.25) is 0 Å². The molecule has 2 aromatic rings. The molecular formula is C15H15N3O2. The second kappa shape index (κ2) is 7.04. The first-order valence-electron chi connectivity index (χ1n) is 6.15. The average Bonchev–Trinajstić information content (AvgIpc) is 2.50. The fourth-order valence-electron chi connectivity index (χ4n) is 1.54. The first-order chi connectivity index (χ1) is 9.78. The van der Waals surface area contributed by atoms with Crippen molar-refractivity contribution in [3.05, 3.63) is 54.4 Å². The van der Waals surface area contributed by atoms with Crippen LogP contribution in [0.5, 0.6) is 0 Å². The number of rotatable bonds is 5. The SMILES string of the molecule is COC(=O)C/C=C/c1ccc(Nc2ncccn2)cc1. The number of carbonyl (C=O) groups is 1. The first-order valence-corrected chi connectivity index (χ1v) is 6.15. The van der Waals surface area contributed by atoms with E-state index in [1.54, 1.807) is 24.5 Å². The summed E-state index contributed by atoms with van der Waals surface area (Å²) in [5, 5.41) is 3.09. The minimum atomic E-state index is -0.249. The van der Waals surface area contributed by atoms with E-state index >= 15 is 0 Å². The third-order valence-electron chi connectivity index (χ3n) is 2.56. The molecule has 5 nitrogen and oxygen atoms in total. The minimum absolute atomic E-state index is 0.249. The van der Waals surface area contributed by atoms with Gasteiger partial charge in [-0.15, -0.1) is 0 Å². The van der Waals surface area contributed by atoms with Gasteiger partial charge in [-0.3, -0.25) is 4.79 Å². The van der Waals surface area contributed by atoms with Gasteiger partial charge in [0.15, 0.2) is 0 Å². The predicted molar refractivity (Wildman–Crippen MR) is 77.4 cm³/mol. The van der Waals surface area contributed by atoms with Gasteiger partial charge in [-0.2, -0.15) is 0 Å². The molecule has 0 bridgehead atoms. The first kappa shape index (κ1) is 13.7. The molecule has 0 atom stereocenters. The summed E-state index contributed by atoms with van der Waals surface area (Å²) in [4.78, 5) is 19.1. The van der Waals surface area contributed by atoms with Crippen LogP contribution in [0, 0.1) is 0 Å². The number of ether oxygens (including phenoxy) is 1. The van der Waals surface area contributed by atoms with Gasteiger partial charge in [0.25, 0.3) is 0 Å². The molecule has 0 radical (unpaired) electrons. The maximum Gasteiger partial charge on any atom is 0.309 e. The van der Waals surface area contributed by atoms with E-state index in [0.717, 1.165) is 11.3 Å². The van der Waals surface area contributed by atoms with E-state index < -0.39 is 0 Å². The van der Waals surface area contributed by atoms with Crippen molar-refractivity contribution in [2.75, 3.05) is 12.4 Å². The number of anilines is 2. The van der Waals surface area contributed by atoms with Crippen LogP contribution in [0.4, 0.5) is 11.6 Å². The van der Waals surface area contributed by atoms with Crippen LogP contribution in [0.15, 0.2) is 48.8 Å². The van der Waals surface area contributed by atoms with E-state index in [2.05, 4.69) is 20.0 Å². The average molecular weight is 269 g/mol. The molecule has 0 aliphatic rings. The van der Waals surface area contributed by atoms with Crippen molar-refractivity contribution in [3.8, 4) is 0 Å². The Kier molecular flexibility index (Phi) is 4.83. The second-order valence-electron chi connectivity index (χ2n) is 4.00. The third kappa shape index (κ3) is 4.20. The van der Waals surface area contributed by atoms with Crippen molar-refractivity contribution in [2.24, 2.45) is 0 Å². The van der Waals surface area contributed by atoms with Crippen molar-refractivity contribution >= 4 is 23.7 Å². The highest BCUT2D eigenvalue weighted by molar-refractivity contribution is 5.72. The maximum atomic E-state index is 11.0. The van der Waals surface area contributed by atoms with E-state index in [0.29, 0.717) is 5.95 Å². The Labute approximate surface area is 117 Å². The summed E-state index contributed by atoms with van der Waals surface area (Å²) in [6.45, 7) is 0. The molecule has 1 N–H and O–H groups in total. The highest BCUT2D eigenvalue weighted by atomic mass is 16.5. The van der Waals surface area contributed by atoms with Gasteiger partial charge in [0, 0.05) is 18.1 Å². The number of esters is 1. The Morgan fingerprint density at radius 2 is 1.95 bits per heavy atom. The van der Waals surface area contributed by atoms with Gasteiger partial charge in [0.05, 0.1) is 13.5 Å². The van der Waals surface area contributed by atoms with Gasteiger partial charge in [-0.1, -0.05) is 24.3 Å². The molecule has 0 unspecified atom stereocenters. The molecule has 2 rings (SSSR count). The quantitative estimate of drug-likeness (QED) is 0.845. The number of methoxy groups -OCH3 is 1. The molecule has 102 valence electrons. The number of nitrogens with zero attached hydrogens (tertiary/aromatic N) is 2. The maximum absolute atomic E-state index is 11.0. The lowest BCUT2D eigenvalue weighted by atomic mass is 10.2. The van der Waals surface area contributed by atoms with Crippen molar-refractivity contribution in [1.29, 1.82) is 0 Å². The molecule has 20 heavy (non-hydrogen) atoms. The van der Waals surface area contributed by atoms with Crippen LogP contribution in [0.1, 0.15) is 12.0 Å². The van der Waals surface area contributed by atoms with Gasteiger partial charge in [0.2, 0.25) is 5.95 Å². The predicted octanol–water partition coefficient (Wildman–Crippen LogP) is 2.80. The Balaban J connectivity index is 1.94. The Morgan fingerprint density at radius 3 is 2.60 bits per heavy atom. The van der Waals surface area contributed by atoms with Crippen LogP contribution in [-0.4, -0.2) is 23.0 Å². The third-order valence-corrected chi connectivity index (χ3v) is 2.56. The summed E-state index contributed by atoms with van der Waals surface area (Å²) in [5.41, 5.74) is 1.91. The Bertz CT molecular complexity index is 580. The minimum Gasteiger partial charge on any atom is -0.469 e. The largest absolute Gasteiger partial charge is 0.469 e. The van der Waals surface area contributed by atoms with Crippen LogP contribution in [0.25, 0.3) is 6.08 Å². The highest BCUT2D eigenvalue weighted by Crippen LogP contribution is 2.14. The van der Waals surface area contributed by atoms with E-state index in [1.807, 2.05) is 30.3 Å². The summed E-state index contributed by atoms with van der Waals surface area (Å²) in [6.07, 6.45) is 7.28. The van der Waals surface area contributed by atoms with Crippen molar-refractivity contribution in [1.82, 2.24) is 9.97 Å².